The molecule has 1 aromatic rings. The number of carbonyl (C=O) groups excluding carboxylic acids is 1. The Morgan fingerprint density at radius 3 is 2.60 bits per heavy atom. The van der Waals surface area contributed by atoms with Crippen molar-refractivity contribution in [3.63, 3.8) is 0 Å². The highest BCUT2D eigenvalue weighted by atomic mass is 32.2. The van der Waals surface area contributed by atoms with Crippen molar-refractivity contribution in [1.82, 2.24) is 4.90 Å². The molecule has 0 aromatic heterocycles. The number of thioether (sulfide) groups is 1. The van der Waals surface area contributed by atoms with Crippen molar-refractivity contribution in [3.05, 3.63) is 35.9 Å². The van der Waals surface area contributed by atoms with Crippen LogP contribution in [0, 0.1) is 5.92 Å². The van der Waals surface area contributed by atoms with Crippen LogP contribution in [0.25, 0.3) is 0 Å². The van der Waals surface area contributed by atoms with Crippen molar-refractivity contribution >= 4 is 17.7 Å². The molecule has 1 aromatic carbocycles. The van der Waals surface area contributed by atoms with E-state index in [1.165, 1.54) is 5.56 Å². The summed E-state index contributed by atoms with van der Waals surface area (Å²) in [6.45, 7) is 1.88. The van der Waals surface area contributed by atoms with Gasteiger partial charge in [0.2, 0.25) is 5.91 Å². The van der Waals surface area contributed by atoms with E-state index in [-0.39, 0.29) is 12.5 Å². The minimum atomic E-state index is 0.249. The van der Waals surface area contributed by atoms with Crippen LogP contribution in [0.15, 0.2) is 30.3 Å². The summed E-state index contributed by atoms with van der Waals surface area (Å²) in [6.07, 6.45) is 2.90. The quantitative estimate of drug-likeness (QED) is 0.817. The third kappa shape index (κ3) is 4.84. The molecule has 1 aliphatic heterocycles. The highest BCUT2D eigenvalue weighted by molar-refractivity contribution is 7.99. The number of benzene rings is 1. The Morgan fingerprint density at radius 1 is 1.25 bits per heavy atom. The molecule has 1 fully saturated rings. The van der Waals surface area contributed by atoms with Crippen LogP contribution in [0.1, 0.15) is 18.4 Å². The fraction of sp³-hybridized carbons (Fsp3) is 0.562. The number of aliphatic hydroxyl groups is 1. The molecule has 1 heterocycles. The van der Waals surface area contributed by atoms with Crippen LogP contribution in [0.5, 0.6) is 0 Å². The van der Waals surface area contributed by atoms with Crippen LogP contribution in [0.3, 0.4) is 0 Å². The highest BCUT2D eigenvalue weighted by Gasteiger charge is 2.21. The van der Waals surface area contributed by atoms with E-state index in [4.69, 9.17) is 5.11 Å². The number of rotatable bonds is 6. The zero-order valence-electron chi connectivity index (χ0n) is 11.8. The number of carbonyl (C=O) groups is 1. The lowest BCUT2D eigenvalue weighted by atomic mass is 9.98. The Bertz CT molecular complexity index is 402. The number of nitrogens with zero attached hydrogens (tertiary/aromatic N) is 1. The third-order valence-corrected chi connectivity index (χ3v) is 4.77. The zero-order chi connectivity index (χ0) is 14.2. The molecule has 1 saturated heterocycles. The first-order chi connectivity index (χ1) is 9.79. The number of aryl methyl sites for hydroxylation is 1. The summed E-state index contributed by atoms with van der Waals surface area (Å²) in [5.41, 5.74) is 1.33. The van der Waals surface area contributed by atoms with Crippen molar-refractivity contribution in [2.75, 3.05) is 31.2 Å². The predicted molar refractivity (Wildman–Crippen MR) is 83.9 cm³/mol. The molecule has 4 heteroatoms. The van der Waals surface area contributed by atoms with Gasteiger partial charge in [-0.1, -0.05) is 30.3 Å². The molecule has 3 nitrogen and oxygen atoms in total. The van der Waals surface area contributed by atoms with Crippen LogP contribution < -0.4 is 0 Å². The Labute approximate surface area is 125 Å². The Morgan fingerprint density at radius 2 is 1.95 bits per heavy atom. The number of hydrogen-bond acceptors (Lipinski definition) is 3. The lowest BCUT2D eigenvalue weighted by Gasteiger charge is -2.31. The maximum absolute atomic E-state index is 12.0. The molecule has 1 N–H and O–H groups in total. The summed E-state index contributed by atoms with van der Waals surface area (Å²) < 4.78 is 0. The van der Waals surface area contributed by atoms with E-state index < -0.39 is 0 Å². The van der Waals surface area contributed by atoms with Gasteiger partial charge >= 0.3 is 0 Å². The Hall–Kier alpha value is -1.00. The van der Waals surface area contributed by atoms with Gasteiger partial charge in [-0.2, -0.15) is 11.8 Å². The third-order valence-electron chi connectivity index (χ3n) is 3.83. The van der Waals surface area contributed by atoms with Gasteiger partial charge in [0.05, 0.1) is 5.75 Å². The average Bonchev–Trinajstić information content (AvgIpc) is 2.52. The molecule has 0 saturated carbocycles. The highest BCUT2D eigenvalue weighted by Crippen LogP contribution is 2.17. The van der Waals surface area contributed by atoms with Gasteiger partial charge < -0.3 is 10.0 Å². The summed E-state index contributed by atoms with van der Waals surface area (Å²) >= 11 is 1.72. The van der Waals surface area contributed by atoms with Crippen LogP contribution in [-0.2, 0) is 11.2 Å². The van der Waals surface area contributed by atoms with E-state index in [1.807, 2.05) is 11.0 Å². The molecular weight excluding hydrogens is 270 g/mol. The van der Waals surface area contributed by atoms with E-state index in [2.05, 4.69) is 24.3 Å². The van der Waals surface area contributed by atoms with Gasteiger partial charge in [-0.25, -0.2) is 0 Å². The van der Waals surface area contributed by atoms with Crippen molar-refractivity contribution in [2.24, 2.45) is 5.92 Å². The second-order valence-electron chi connectivity index (χ2n) is 5.29. The topological polar surface area (TPSA) is 40.5 Å². The lowest BCUT2D eigenvalue weighted by molar-refractivity contribution is -0.129. The van der Waals surface area contributed by atoms with Crippen molar-refractivity contribution in [1.29, 1.82) is 0 Å². The van der Waals surface area contributed by atoms with Gasteiger partial charge in [-0.05, 0) is 36.5 Å². The summed E-state index contributed by atoms with van der Waals surface area (Å²) in [7, 11) is 0. The SMILES string of the molecule is O=C(CSCCc1ccccc1)N1CCC(CO)CC1. The molecule has 0 atom stereocenters. The molecule has 0 bridgehead atoms. The van der Waals surface area contributed by atoms with Crippen LogP contribution in [0.4, 0.5) is 0 Å². The monoisotopic (exact) mass is 293 g/mol. The van der Waals surface area contributed by atoms with E-state index in [1.54, 1.807) is 11.8 Å². The molecule has 0 unspecified atom stereocenters. The zero-order valence-corrected chi connectivity index (χ0v) is 12.6. The molecule has 0 spiro atoms. The van der Waals surface area contributed by atoms with Crippen molar-refractivity contribution in [2.45, 2.75) is 19.3 Å². The van der Waals surface area contributed by atoms with E-state index >= 15 is 0 Å². The van der Waals surface area contributed by atoms with Gasteiger partial charge in [0.1, 0.15) is 0 Å². The average molecular weight is 293 g/mol. The molecule has 20 heavy (non-hydrogen) atoms. The first-order valence-electron chi connectivity index (χ1n) is 7.30. The standard InChI is InChI=1S/C16H23NO2S/c18-12-15-6-9-17(10-7-15)16(19)13-20-11-8-14-4-2-1-3-5-14/h1-5,15,18H,6-13H2. The normalized spacial score (nSPS) is 16.4. The second kappa shape index (κ2) is 8.32. The Balaban J connectivity index is 1.61. The number of amides is 1. The van der Waals surface area contributed by atoms with Crippen molar-refractivity contribution < 1.29 is 9.90 Å². The lowest BCUT2D eigenvalue weighted by Crippen LogP contribution is -2.40. The largest absolute Gasteiger partial charge is 0.396 e. The molecule has 0 aliphatic carbocycles. The van der Waals surface area contributed by atoms with Gasteiger partial charge in [0.15, 0.2) is 0 Å². The van der Waals surface area contributed by atoms with Gasteiger partial charge in [-0.15, -0.1) is 0 Å². The second-order valence-corrected chi connectivity index (χ2v) is 6.40. The first-order valence-corrected chi connectivity index (χ1v) is 8.45. The number of hydrogen-bond donors (Lipinski definition) is 1. The van der Waals surface area contributed by atoms with E-state index in [0.717, 1.165) is 38.1 Å². The summed E-state index contributed by atoms with van der Waals surface area (Å²) in [5.74, 6) is 2.21. The number of piperidine rings is 1. The first kappa shape index (κ1) is 15.4. The fourth-order valence-electron chi connectivity index (χ4n) is 2.45. The molecule has 110 valence electrons. The molecule has 0 radical (unpaired) electrons. The smallest absolute Gasteiger partial charge is 0.232 e. The van der Waals surface area contributed by atoms with Crippen LogP contribution >= 0.6 is 11.8 Å². The maximum Gasteiger partial charge on any atom is 0.232 e. The molecule has 1 amide bonds. The predicted octanol–water partition coefficient (Wildman–Crippen LogP) is 2.19. The summed E-state index contributed by atoms with van der Waals surface area (Å²) in [4.78, 5) is 14.0. The summed E-state index contributed by atoms with van der Waals surface area (Å²) in [5, 5.41) is 9.09. The molecular formula is C16H23NO2S. The minimum absolute atomic E-state index is 0.249. The van der Waals surface area contributed by atoms with Gasteiger partial charge in [-0.3, -0.25) is 4.79 Å². The summed E-state index contributed by atoms with van der Waals surface area (Å²) in [6, 6.07) is 10.4. The van der Waals surface area contributed by atoms with Crippen LogP contribution in [-0.4, -0.2) is 47.1 Å². The molecule has 1 aliphatic rings. The van der Waals surface area contributed by atoms with Crippen molar-refractivity contribution in [3.8, 4) is 0 Å². The van der Waals surface area contributed by atoms with Gasteiger partial charge in [0, 0.05) is 19.7 Å². The van der Waals surface area contributed by atoms with E-state index in [9.17, 15) is 4.79 Å². The minimum Gasteiger partial charge on any atom is -0.396 e. The number of likely N-dealkylation sites (tertiary alicyclic amines) is 1. The Kier molecular flexibility index (Phi) is 6.40. The number of aliphatic hydroxyl groups excluding tert-OH is 1. The van der Waals surface area contributed by atoms with E-state index in [0.29, 0.717) is 11.7 Å². The maximum atomic E-state index is 12.0. The molecule has 2 rings (SSSR count). The van der Waals surface area contributed by atoms with Crippen LogP contribution in [0.2, 0.25) is 0 Å². The fourth-order valence-corrected chi connectivity index (χ4v) is 3.33. The van der Waals surface area contributed by atoms with Gasteiger partial charge in [0.25, 0.3) is 0 Å².